The van der Waals surface area contributed by atoms with E-state index in [4.69, 9.17) is 4.98 Å². The third-order valence-electron chi connectivity index (χ3n) is 7.16. The van der Waals surface area contributed by atoms with Gasteiger partial charge in [-0.05, 0) is 49.9 Å². The molecule has 7 nitrogen and oxygen atoms in total. The van der Waals surface area contributed by atoms with Crippen molar-refractivity contribution in [3.05, 3.63) is 68.3 Å². The summed E-state index contributed by atoms with van der Waals surface area (Å²) in [5, 5.41) is 3.36. The Morgan fingerprint density at radius 2 is 2.00 bits per heavy atom. The lowest BCUT2D eigenvalue weighted by Gasteiger charge is -2.35. The van der Waals surface area contributed by atoms with Gasteiger partial charge in [0.05, 0.1) is 29.5 Å². The molecule has 1 N–H and O–H groups in total. The van der Waals surface area contributed by atoms with Crippen LogP contribution in [0, 0.1) is 13.8 Å². The number of H-pyrrole nitrogens is 1. The minimum Gasteiger partial charge on any atom is -0.338 e. The summed E-state index contributed by atoms with van der Waals surface area (Å²) in [6.07, 6.45) is 4.05. The summed E-state index contributed by atoms with van der Waals surface area (Å²) >= 11 is 0. The molecule has 2 aromatic heterocycles. The van der Waals surface area contributed by atoms with Gasteiger partial charge in [0.25, 0.3) is 5.56 Å². The van der Waals surface area contributed by atoms with E-state index in [9.17, 15) is 9.59 Å². The molecule has 1 unspecified atom stereocenters. The Hall–Kier alpha value is -2.93. The number of amides is 1. The highest BCUT2D eigenvalue weighted by molar-refractivity contribution is 5.73. The molecule has 1 fully saturated rings. The number of benzene rings is 1. The molecule has 168 valence electrons. The number of carbonyl (C=O) groups excluding carboxylic acids is 1. The standard InChI is InChI=1S/C25H31N5O2/c1-16-7-8-19(12-17(16)2)14-29-10-5-4-6-23(29)22-13-24-26-21-9-11-28(18(3)31)15-20(21)25(32)30(24)27-22/h7-8,12-13,23,27H,4-6,9-11,14-15H2,1-3H3. The molecule has 0 bridgehead atoms. The molecule has 5 rings (SSSR count). The Kier molecular flexibility index (Phi) is 5.37. The van der Waals surface area contributed by atoms with Crippen LogP contribution in [0.5, 0.6) is 0 Å². The van der Waals surface area contributed by atoms with E-state index in [-0.39, 0.29) is 17.5 Å². The molecule has 1 saturated heterocycles. The van der Waals surface area contributed by atoms with Gasteiger partial charge < -0.3 is 4.90 Å². The minimum absolute atomic E-state index is 0.00323. The fourth-order valence-corrected chi connectivity index (χ4v) is 5.11. The molecular weight excluding hydrogens is 402 g/mol. The SMILES string of the molecule is CC(=O)N1CCc2nc3cc(C4CCCCN4Cc4ccc(C)c(C)c4)[nH]n3c(=O)c2C1. The highest BCUT2D eigenvalue weighted by Gasteiger charge is 2.28. The molecule has 1 amide bonds. The Labute approximate surface area is 188 Å². The maximum atomic E-state index is 13.2. The molecule has 2 aliphatic heterocycles. The number of aryl methyl sites for hydroxylation is 2. The Morgan fingerprint density at radius 1 is 1.16 bits per heavy atom. The summed E-state index contributed by atoms with van der Waals surface area (Å²) in [4.78, 5) is 34.0. The number of nitrogens with zero attached hydrogens (tertiary/aromatic N) is 4. The lowest BCUT2D eigenvalue weighted by molar-refractivity contribution is -0.129. The van der Waals surface area contributed by atoms with Gasteiger partial charge in [-0.25, -0.2) is 9.50 Å². The topological polar surface area (TPSA) is 73.7 Å². The van der Waals surface area contributed by atoms with Crippen LogP contribution in [0.3, 0.4) is 0 Å². The molecule has 4 heterocycles. The highest BCUT2D eigenvalue weighted by atomic mass is 16.2. The van der Waals surface area contributed by atoms with Crippen molar-refractivity contribution in [2.75, 3.05) is 13.1 Å². The first-order valence-corrected chi connectivity index (χ1v) is 11.6. The van der Waals surface area contributed by atoms with Crippen LogP contribution in [0.15, 0.2) is 29.1 Å². The van der Waals surface area contributed by atoms with Crippen LogP contribution in [-0.2, 0) is 24.3 Å². The van der Waals surface area contributed by atoms with E-state index in [1.807, 2.05) is 6.07 Å². The Balaban J connectivity index is 1.47. The molecule has 32 heavy (non-hydrogen) atoms. The van der Waals surface area contributed by atoms with Crippen LogP contribution in [0.1, 0.15) is 65.9 Å². The number of fused-ring (bicyclic) bond motifs is 2. The summed E-state index contributed by atoms with van der Waals surface area (Å²) in [5.41, 5.74) is 7.06. The van der Waals surface area contributed by atoms with Crippen molar-refractivity contribution in [1.82, 2.24) is 24.4 Å². The second-order valence-electron chi connectivity index (χ2n) is 9.34. The smallest absolute Gasteiger partial charge is 0.277 e. The van der Waals surface area contributed by atoms with Gasteiger partial charge in [-0.15, -0.1) is 0 Å². The minimum atomic E-state index is -0.0845. The van der Waals surface area contributed by atoms with E-state index >= 15 is 0 Å². The summed E-state index contributed by atoms with van der Waals surface area (Å²) in [6.45, 7) is 8.76. The number of piperidine rings is 1. The average Bonchev–Trinajstić information content (AvgIpc) is 3.21. The van der Waals surface area contributed by atoms with Crippen LogP contribution < -0.4 is 5.56 Å². The number of rotatable bonds is 3. The lowest BCUT2D eigenvalue weighted by atomic mass is 9.98. The van der Waals surface area contributed by atoms with Gasteiger partial charge >= 0.3 is 0 Å². The highest BCUT2D eigenvalue weighted by Crippen LogP contribution is 2.32. The van der Waals surface area contributed by atoms with Crippen molar-refractivity contribution < 1.29 is 4.79 Å². The van der Waals surface area contributed by atoms with Crippen LogP contribution in [0.25, 0.3) is 5.65 Å². The van der Waals surface area contributed by atoms with Crippen molar-refractivity contribution in [3.8, 4) is 0 Å². The zero-order valence-corrected chi connectivity index (χ0v) is 19.1. The first-order chi connectivity index (χ1) is 15.4. The van der Waals surface area contributed by atoms with Crippen molar-refractivity contribution in [3.63, 3.8) is 0 Å². The number of aromatic amines is 1. The zero-order chi connectivity index (χ0) is 22.4. The maximum absolute atomic E-state index is 13.2. The number of carbonyl (C=O) groups is 1. The second kappa shape index (κ2) is 8.20. The van der Waals surface area contributed by atoms with Gasteiger partial charge in [0, 0.05) is 32.5 Å². The van der Waals surface area contributed by atoms with Gasteiger partial charge in [-0.3, -0.25) is 19.6 Å². The number of hydrogen-bond acceptors (Lipinski definition) is 4. The van der Waals surface area contributed by atoms with Crippen LogP contribution >= 0.6 is 0 Å². The third-order valence-corrected chi connectivity index (χ3v) is 7.16. The van der Waals surface area contributed by atoms with Gasteiger partial charge in [-0.2, -0.15) is 0 Å². The first-order valence-electron chi connectivity index (χ1n) is 11.6. The second-order valence-corrected chi connectivity index (χ2v) is 9.34. The predicted octanol–water partition coefficient (Wildman–Crippen LogP) is 3.27. The van der Waals surface area contributed by atoms with E-state index in [0.29, 0.717) is 30.7 Å². The number of hydrogen-bond donors (Lipinski definition) is 1. The van der Waals surface area contributed by atoms with E-state index in [1.165, 1.54) is 29.5 Å². The molecule has 1 atom stereocenters. The molecule has 7 heteroatoms. The zero-order valence-electron chi connectivity index (χ0n) is 19.1. The average molecular weight is 434 g/mol. The maximum Gasteiger partial charge on any atom is 0.277 e. The Bertz CT molecular complexity index is 1240. The summed E-state index contributed by atoms with van der Waals surface area (Å²) in [6, 6.07) is 8.98. The van der Waals surface area contributed by atoms with Gasteiger partial charge in [0.15, 0.2) is 5.65 Å². The lowest BCUT2D eigenvalue weighted by Crippen LogP contribution is -2.39. The van der Waals surface area contributed by atoms with E-state index < -0.39 is 0 Å². The van der Waals surface area contributed by atoms with Gasteiger partial charge in [0.2, 0.25) is 5.91 Å². The van der Waals surface area contributed by atoms with Gasteiger partial charge in [0.1, 0.15) is 0 Å². The van der Waals surface area contributed by atoms with Crippen LogP contribution in [0.2, 0.25) is 0 Å². The van der Waals surface area contributed by atoms with E-state index in [2.05, 4.69) is 42.0 Å². The molecule has 0 radical (unpaired) electrons. The number of nitrogens with one attached hydrogen (secondary N) is 1. The van der Waals surface area contributed by atoms with Crippen LogP contribution in [-0.4, -0.2) is 43.4 Å². The fraction of sp³-hybridized carbons (Fsp3) is 0.480. The fourth-order valence-electron chi connectivity index (χ4n) is 5.11. The monoisotopic (exact) mass is 433 g/mol. The van der Waals surface area contributed by atoms with E-state index in [1.54, 1.807) is 16.3 Å². The molecular formula is C25H31N5O2. The summed E-state index contributed by atoms with van der Waals surface area (Å²) in [7, 11) is 0. The largest absolute Gasteiger partial charge is 0.338 e. The predicted molar refractivity (Wildman–Crippen MR) is 124 cm³/mol. The van der Waals surface area contributed by atoms with Crippen molar-refractivity contribution in [1.29, 1.82) is 0 Å². The molecule has 1 aromatic carbocycles. The molecule has 0 saturated carbocycles. The molecule has 0 spiro atoms. The molecule has 2 aliphatic rings. The third kappa shape index (κ3) is 3.75. The van der Waals surface area contributed by atoms with Crippen molar-refractivity contribution in [2.24, 2.45) is 0 Å². The van der Waals surface area contributed by atoms with Crippen molar-refractivity contribution >= 4 is 11.6 Å². The number of likely N-dealkylation sites (tertiary alicyclic amines) is 1. The van der Waals surface area contributed by atoms with Crippen molar-refractivity contribution in [2.45, 2.75) is 65.6 Å². The Morgan fingerprint density at radius 3 is 2.78 bits per heavy atom. The summed E-state index contributed by atoms with van der Waals surface area (Å²) in [5.74, 6) is -0.00323. The van der Waals surface area contributed by atoms with Crippen LogP contribution in [0.4, 0.5) is 0 Å². The normalized spacial score (nSPS) is 19.3. The van der Waals surface area contributed by atoms with E-state index in [0.717, 1.165) is 30.9 Å². The number of aromatic nitrogens is 3. The quantitative estimate of drug-likeness (QED) is 0.688. The molecule has 0 aliphatic carbocycles. The summed E-state index contributed by atoms with van der Waals surface area (Å²) < 4.78 is 1.57. The van der Waals surface area contributed by atoms with Gasteiger partial charge in [-0.1, -0.05) is 24.6 Å². The first kappa shape index (κ1) is 20.9. The molecule has 3 aromatic rings.